The maximum Gasteiger partial charge on any atom is 0.251 e. The maximum atomic E-state index is 12.8. The van der Waals surface area contributed by atoms with Gasteiger partial charge in [0, 0.05) is 11.1 Å². The first-order chi connectivity index (χ1) is 9.60. The Morgan fingerprint density at radius 2 is 1.70 bits per heavy atom. The van der Waals surface area contributed by atoms with Crippen molar-refractivity contribution in [3.8, 4) is 0 Å². The Labute approximate surface area is 116 Å². The largest absolute Gasteiger partial charge is 0.346 e. The summed E-state index contributed by atoms with van der Waals surface area (Å²) in [7, 11) is 0. The van der Waals surface area contributed by atoms with Crippen LogP contribution in [0.1, 0.15) is 39.2 Å². The van der Waals surface area contributed by atoms with Crippen molar-refractivity contribution < 1.29 is 14.0 Å². The third kappa shape index (κ3) is 3.29. The highest BCUT2D eigenvalue weighted by molar-refractivity contribution is 5.95. The molecule has 0 aromatic heterocycles. The monoisotopic (exact) mass is 271 g/mol. The van der Waals surface area contributed by atoms with E-state index in [1.807, 2.05) is 6.92 Å². The average Bonchev–Trinajstić information content (AvgIpc) is 2.48. The van der Waals surface area contributed by atoms with Gasteiger partial charge in [0.2, 0.25) is 0 Å². The Morgan fingerprint density at radius 1 is 1.10 bits per heavy atom. The van der Waals surface area contributed by atoms with E-state index in [2.05, 4.69) is 5.32 Å². The Bertz CT molecular complexity index is 605. The molecule has 1 N–H and O–H groups in total. The molecule has 2 rings (SSSR count). The second-order valence-electron chi connectivity index (χ2n) is 4.49. The highest BCUT2D eigenvalue weighted by atomic mass is 19.1. The first-order valence-corrected chi connectivity index (χ1v) is 6.21. The SMILES string of the molecule is C[C@@H](NC(=O)c1ccc(C=O)cc1)c1ccc(F)cc1. The molecule has 0 unspecified atom stereocenters. The Morgan fingerprint density at radius 3 is 2.25 bits per heavy atom. The van der Waals surface area contributed by atoms with E-state index in [-0.39, 0.29) is 17.8 Å². The number of rotatable bonds is 4. The van der Waals surface area contributed by atoms with Crippen molar-refractivity contribution in [1.29, 1.82) is 0 Å². The van der Waals surface area contributed by atoms with E-state index in [1.54, 1.807) is 36.4 Å². The normalized spacial score (nSPS) is 11.7. The molecule has 4 heteroatoms. The zero-order valence-electron chi connectivity index (χ0n) is 11.0. The standard InChI is InChI=1S/C16H14FNO2/c1-11(13-6-8-15(17)9-7-13)18-16(20)14-4-2-12(10-19)3-5-14/h2-11H,1H3,(H,18,20)/t11-/m1/s1. The number of benzene rings is 2. The number of hydrogen-bond donors (Lipinski definition) is 1. The number of carbonyl (C=O) groups is 2. The molecule has 2 aromatic carbocycles. The van der Waals surface area contributed by atoms with Gasteiger partial charge in [-0.1, -0.05) is 24.3 Å². The minimum atomic E-state index is -0.309. The Kier molecular flexibility index (Phi) is 4.25. The number of halogens is 1. The van der Waals surface area contributed by atoms with Crippen LogP contribution in [0.5, 0.6) is 0 Å². The fourth-order valence-corrected chi connectivity index (χ4v) is 1.83. The summed E-state index contributed by atoms with van der Waals surface area (Å²) < 4.78 is 12.8. The lowest BCUT2D eigenvalue weighted by atomic mass is 10.1. The summed E-state index contributed by atoms with van der Waals surface area (Å²) in [5.41, 5.74) is 1.82. The third-order valence-electron chi connectivity index (χ3n) is 3.03. The molecule has 1 atom stereocenters. The molecule has 0 fully saturated rings. The molecule has 0 heterocycles. The molecule has 0 aliphatic rings. The van der Waals surface area contributed by atoms with Gasteiger partial charge < -0.3 is 5.32 Å². The molecule has 1 amide bonds. The molecular weight excluding hydrogens is 257 g/mol. The summed E-state index contributed by atoms with van der Waals surface area (Å²) in [6, 6.07) is 12.1. The lowest BCUT2D eigenvalue weighted by Gasteiger charge is -2.14. The molecule has 0 aliphatic carbocycles. The minimum absolute atomic E-state index is 0.228. The molecule has 2 aromatic rings. The first kappa shape index (κ1) is 13.9. The van der Waals surface area contributed by atoms with E-state index in [9.17, 15) is 14.0 Å². The van der Waals surface area contributed by atoms with Gasteiger partial charge >= 0.3 is 0 Å². The van der Waals surface area contributed by atoms with Gasteiger partial charge in [0.25, 0.3) is 5.91 Å². The summed E-state index contributed by atoms with van der Waals surface area (Å²) in [5.74, 6) is -0.545. The summed E-state index contributed by atoms with van der Waals surface area (Å²) >= 11 is 0. The second-order valence-corrected chi connectivity index (χ2v) is 4.49. The van der Waals surface area contributed by atoms with Crippen LogP contribution in [0.4, 0.5) is 4.39 Å². The molecule has 20 heavy (non-hydrogen) atoms. The van der Waals surface area contributed by atoms with Crippen molar-refractivity contribution in [3.05, 3.63) is 71.0 Å². The molecule has 0 spiro atoms. The molecule has 0 saturated carbocycles. The first-order valence-electron chi connectivity index (χ1n) is 6.21. The summed E-state index contributed by atoms with van der Waals surface area (Å²) in [6.45, 7) is 1.82. The fourth-order valence-electron chi connectivity index (χ4n) is 1.83. The number of amides is 1. The van der Waals surface area contributed by atoms with Gasteiger partial charge in [0.15, 0.2) is 0 Å². The van der Waals surface area contributed by atoms with Crippen molar-refractivity contribution in [2.75, 3.05) is 0 Å². The highest BCUT2D eigenvalue weighted by Crippen LogP contribution is 2.14. The van der Waals surface area contributed by atoms with E-state index < -0.39 is 0 Å². The topological polar surface area (TPSA) is 46.2 Å². The van der Waals surface area contributed by atoms with Gasteiger partial charge in [-0.25, -0.2) is 4.39 Å². The minimum Gasteiger partial charge on any atom is -0.346 e. The van der Waals surface area contributed by atoms with Crippen molar-refractivity contribution in [2.45, 2.75) is 13.0 Å². The van der Waals surface area contributed by atoms with Crippen molar-refractivity contribution in [1.82, 2.24) is 5.32 Å². The van der Waals surface area contributed by atoms with Crippen LogP contribution < -0.4 is 5.32 Å². The fraction of sp³-hybridized carbons (Fsp3) is 0.125. The second kappa shape index (κ2) is 6.10. The van der Waals surface area contributed by atoms with Gasteiger partial charge in [-0.2, -0.15) is 0 Å². The zero-order chi connectivity index (χ0) is 14.5. The lowest BCUT2D eigenvalue weighted by Crippen LogP contribution is -2.26. The van der Waals surface area contributed by atoms with Crippen LogP contribution in [0.2, 0.25) is 0 Å². The smallest absolute Gasteiger partial charge is 0.251 e. The predicted octanol–water partition coefficient (Wildman–Crippen LogP) is 3.13. The van der Waals surface area contributed by atoms with Gasteiger partial charge in [-0.05, 0) is 36.8 Å². The van der Waals surface area contributed by atoms with Gasteiger partial charge in [-0.3, -0.25) is 9.59 Å². The maximum absolute atomic E-state index is 12.8. The van der Waals surface area contributed by atoms with Gasteiger partial charge in [0.1, 0.15) is 12.1 Å². The summed E-state index contributed by atoms with van der Waals surface area (Å²) in [6.07, 6.45) is 0.725. The Balaban J connectivity index is 2.06. The van der Waals surface area contributed by atoms with Crippen molar-refractivity contribution in [2.24, 2.45) is 0 Å². The van der Waals surface area contributed by atoms with E-state index in [0.717, 1.165) is 11.8 Å². The number of aldehydes is 1. The zero-order valence-corrected chi connectivity index (χ0v) is 11.0. The lowest BCUT2D eigenvalue weighted by molar-refractivity contribution is 0.0939. The molecule has 102 valence electrons. The van der Waals surface area contributed by atoms with Gasteiger partial charge in [0.05, 0.1) is 6.04 Å². The van der Waals surface area contributed by atoms with E-state index >= 15 is 0 Å². The molecule has 3 nitrogen and oxygen atoms in total. The number of hydrogen-bond acceptors (Lipinski definition) is 2. The molecule has 0 bridgehead atoms. The van der Waals surface area contributed by atoms with Crippen molar-refractivity contribution in [3.63, 3.8) is 0 Å². The molecule has 0 saturated heterocycles. The summed E-state index contributed by atoms with van der Waals surface area (Å²) in [4.78, 5) is 22.6. The van der Waals surface area contributed by atoms with E-state index in [1.165, 1.54) is 12.1 Å². The van der Waals surface area contributed by atoms with Crippen molar-refractivity contribution >= 4 is 12.2 Å². The van der Waals surface area contributed by atoms with Crippen LogP contribution >= 0.6 is 0 Å². The van der Waals surface area contributed by atoms with E-state index in [4.69, 9.17) is 0 Å². The molecular formula is C16H14FNO2. The quantitative estimate of drug-likeness (QED) is 0.868. The average molecular weight is 271 g/mol. The van der Waals surface area contributed by atoms with Crippen LogP contribution in [0, 0.1) is 5.82 Å². The Hall–Kier alpha value is -2.49. The predicted molar refractivity (Wildman–Crippen MR) is 74.1 cm³/mol. The highest BCUT2D eigenvalue weighted by Gasteiger charge is 2.11. The van der Waals surface area contributed by atoms with E-state index in [0.29, 0.717) is 11.1 Å². The molecule has 0 aliphatic heterocycles. The number of nitrogens with one attached hydrogen (secondary N) is 1. The van der Waals surface area contributed by atoms with Crippen LogP contribution in [-0.2, 0) is 0 Å². The van der Waals surface area contributed by atoms with Crippen LogP contribution in [0.15, 0.2) is 48.5 Å². The van der Waals surface area contributed by atoms with Crippen LogP contribution in [0.25, 0.3) is 0 Å². The van der Waals surface area contributed by atoms with Crippen LogP contribution in [0.3, 0.4) is 0 Å². The summed E-state index contributed by atoms with van der Waals surface area (Å²) in [5, 5.41) is 2.82. The molecule has 0 radical (unpaired) electrons. The van der Waals surface area contributed by atoms with Gasteiger partial charge in [-0.15, -0.1) is 0 Å². The van der Waals surface area contributed by atoms with Crippen LogP contribution in [-0.4, -0.2) is 12.2 Å². The number of carbonyl (C=O) groups excluding carboxylic acids is 2. The third-order valence-corrected chi connectivity index (χ3v) is 3.03.